The SMILES string of the molecule is Cc1cc(-n2cccn2)ccc1-c1nccn1[C@H]1CN[C@H](CO)C1.Cl.Cl. The average Bonchev–Trinajstić information content (AvgIpc) is 3.34. The van der Waals surface area contributed by atoms with E-state index in [9.17, 15) is 5.11 Å². The van der Waals surface area contributed by atoms with Crippen molar-refractivity contribution in [2.24, 2.45) is 0 Å². The van der Waals surface area contributed by atoms with Gasteiger partial charge in [-0.25, -0.2) is 9.67 Å². The third kappa shape index (κ3) is 3.78. The van der Waals surface area contributed by atoms with Crippen molar-refractivity contribution >= 4 is 24.8 Å². The molecule has 1 aromatic carbocycles. The Balaban J connectivity index is 0.00000121. The second-order valence-electron chi connectivity index (χ2n) is 6.29. The summed E-state index contributed by atoms with van der Waals surface area (Å²) in [6.45, 7) is 3.14. The highest BCUT2D eigenvalue weighted by atomic mass is 35.5. The molecule has 26 heavy (non-hydrogen) atoms. The Hall–Kier alpha value is -1.86. The Kier molecular flexibility index (Phi) is 6.83. The summed E-state index contributed by atoms with van der Waals surface area (Å²) < 4.78 is 4.08. The zero-order valence-electron chi connectivity index (χ0n) is 14.4. The van der Waals surface area contributed by atoms with Gasteiger partial charge in [-0.3, -0.25) is 0 Å². The Bertz CT molecular complexity index is 834. The summed E-state index contributed by atoms with van der Waals surface area (Å²) in [5.41, 5.74) is 3.34. The molecule has 8 heteroatoms. The topological polar surface area (TPSA) is 67.9 Å². The third-order valence-corrected chi connectivity index (χ3v) is 4.70. The lowest BCUT2D eigenvalue weighted by Crippen LogP contribution is -2.24. The number of benzene rings is 1. The minimum atomic E-state index is 0. The molecule has 1 aliphatic heterocycles. The first-order valence-electron chi connectivity index (χ1n) is 8.24. The molecular formula is C18H23Cl2N5O. The normalized spacial score (nSPS) is 19.0. The van der Waals surface area contributed by atoms with Gasteiger partial charge < -0.3 is 15.0 Å². The molecular weight excluding hydrogens is 373 g/mol. The van der Waals surface area contributed by atoms with Gasteiger partial charge in [0.2, 0.25) is 0 Å². The first-order valence-corrected chi connectivity index (χ1v) is 8.24. The lowest BCUT2D eigenvalue weighted by Gasteiger charge is -2.16. The first kappa shape index (κ1) is 20.5. The van der Waals surface area contributed by atoms with Crippen LogP contribution in [-0.4, -0.2) is 43.6 Å². The van der Waals surface area contributed by atoms with Crippen LogP contribution >= 0.6 is 24.8 Å². The molecule has 6 nitrogen and oxygen atoms in total. The number of rotatable bonds is 4. The van der Waals surface area contributed by atoms with Crippen LogP contribution < -0.4 is 5.32 Å². The maximum Gasteiger partial charge on any atom is 0.140 e. The largest absolute Gasteiger partial charge is 0.395 e. The summed E-state index contributed by atoms with van der Waals surface area (Å²) in [5, 5.41) is 17.0. The standard InChI is InChI=1S/C18H21N5O.2ClH/c1-13-9-15(23-7-2-5-21-23)3-4-17(13)18-19-6-8-22(18)16-10-14(12-24)20-11-16;;/h2-9,14,16,20,24H,10-12H2,1H3;2*1H/t14-,16+;;/m0../s1. The quantitative estimate of drug-likeness (QED) is 0.712. The van der Waals surface area contributed by atoms with Crippen LogP contribution in [0, 0.1) is 6.92 Å². The minimum absolute atomic E-state index is 0. The van der Waals surface area contributed by atoms with Crippen molar-refractivity contribution in [2.45, 2.75) is 25.4 Å². The predicted molar refractivity (Wildman–Crippen MR) is 107 cm³/mol. The number of halogens is 2. The average molecular weight is 396 g/mol. The Labute approximate surface area is 165 Å². The van der Waals surface area contributed by atoms with Crippen LogP contribution in [-0.2, 0) is 0 Å². The van der Waals surface area contributed by atoms with Gasteiger partial charge in [-0.05, 0) is 43.2 Å². The van der Waals surface area contributed by atoms with E-state index >= 15 is 0 Å². The molecule has 0 aliphatic carbocycles. The molecule has 4 rings (SSSR count). The molecule has 0 saturated carbocycles. The van der Waals surface area contributed by atoms with Crippen molar-refractivity contribution in [3.63, 3.8) is 0 Å². The smallest absolute Gasteiger partial charge is 0.140 e. The number of aliphatic hydroxyl groups excluding tert-OH is 1. The number of aromatic nitrogens is 4. The van der Waals surface area contributed by atoms with Gasteiger partial charge >= 0.3 is 0 Å². The molecule has 0 unspecified atom stereocenters. The monoisotopic (exact) mass is 395 g/mol. The molecule has 140 valence electrons. The van der Waals surface area contributed by atoms with Crippen molar-refractivity contribution in [1.29, 1.82) is 0 Å². The maximum absolute atomic E-state index is 9.34. The summed E-state index contributed by atoms with van der Waals surface area (Å²) in [6.07, 6.45) is 8.52. The summed E-state index contributed by atoms with van der Waals surface area (Å²) in [5.74, 6) is 0.977. The van der Waals surface area contributed by atoms with Crippen molar-refractivity contribution < 1.29 is 5.11 Å². The van der Waals surface area contributed by atoms with Crippen molar-refractivity contribution in [3.8, 4) is 17.1 Å². The van der Waals surface area contributed by atoms with Crippen molar-refractivity contribution in [1.82, 2.24) is 24.6 Å². The number of nitrogens with one attached hydrogen (secondary N) is 1. The fraction of sp³-hybridized carbons (Fsp3) is 0.333. The Morgan fingerprint density at radius 1 is 1.23 bits per heavy atom. The van der Waals surface area contributed by atoms with E-state index in [2.05, 4.69) is 45.1 Å². The molecule has 1 aliphatic rings. The minimum Gasteiger partial charge on any atom is -0.395 e. The zero-order chi connectivity index (χ0) is 16.5. The second kappa shape index (κ2) is 8.68. The molecule has 2 aromatic heterocycles. The third-order valence-electron chi connectivity index (χ3n) is 4.70. The summed E-state index contributed by atoms with van der Waals surface area (Å²) >= 11 is 0. The highest BCUT2D eigenvalue weighted by molar-refractivity contribution is 5.85. The van der Waals surface area contributed by atoms with Crippen molar-refractivity contribution in [3.05, 3.63) is 54.6 Å². The summed E-state index contributed by atoms with van der Waals surface area (Å²) in [7, 11) is 0. The van der Waals surface area contributed by atoms with E-state index in [1.54, 1.807) is 6.20 Å². The van der Waals surface area contributed by atoms with E-state index in [4.69, 9.17) is 0 Å². The van der Waals surface area contributed by atoms with Crippen LogP contribution in [0.4, 0.5) is 0 Å². The number of aryl methyl sites for hydroxylation is 1. The molecule has 3 aromatic rings. The highest BCUT2D eigenvalue weighted by Crippen LogP contribution is 2.29. The fourth-order valence-corrected chi connectivity index (χ4v) is 3.43. The number of hydrogen-bond donors (Lipinski definition) is 2. The van der Waals surface area contributed by atoms with Crippen molar-refractivity contribution in [2.75, 3.05) is 13.2 Å². The lowest BCUT2D eigenvalue weighted by atomic mass is 10.1. The molecule has 0 spiro atoms. The van der Waals surface area contributed by atoms with Gasteiger partial charge in [-0.1, -0.05) is 0 Å². The molecule has 0 radical (unpaired) electrons. The van der Waals surface area contributed by atoms with Gasteiger partial charge in [0, 0.05) is 49.0 Å². The van der Waals surface area contributed by atoms with Crippen LogP contribution in [0.25, 0.3) is 17.1 Å². The lowest BCUT2D eigenvalue weighted by molar-refractivity contribution is 0.253. The Morgan fingerprint density at radius 3 is 2.73 bits per heavy atom. The van der Waals surface area contributed by atoms with E-state index in [0.717, 1.165) is 30.0 Å². The summed E-state index contributed by atoms with van der Waals surface area (Å²) in [6, 6.07) is 8.72. The van der Waals surface area contributed by atoms with Gasteiger partial charge in [0.05, 0.1) is 12.3 Å². The Morgan fingerprint density at radius 2 is 2.08 bits per heavy atom. The van der Waals surface area contributed by atoms with E-state index < -0.39 is 0 Å². The second-order valence-corrected chi connectivity index (χ2v) is 6.29. The van der Waals surface area contributed by atoms with E-state index in [0.29, 0.717) is 6.04 Å². The van der Waals surface area contributed by atoms with Gasteiger partial charge in [-0.15, -0.1) is 24.8 Å². The molecule has 1 fully saturated rings. The molecule has 1 saturated heterocycles. The number of imidazole rings is 1. The van der Waals surface area contributed by atoms with Crippen LogP contribution in [0.1, 0.15) is 18.0 Å². The first-order chi connectivity index (χ1) is 11.8. The van der Waals surface area contributed by atoms with E-state index in [1.807, 2.05) is 29.3 Å². The molecule has 0 bridgehead atoms. The maximum atomic E-state index is 9.34. The van der Waals surface area contributed by atoms with Crippen LogP contribution in [0.3, 0.4) is 0 Å². The predicted octanol–water partition coefficient (Wildman–Crippen LogP) is 2.78. The fourth-order valence-electron chi connectivity index (χ4n) is 3.43. The zero-order valence-corrected chi connectivity index (χ0v) is 16.1. The molecule has 2 N–H and O–H groups in total. The molecule has 2 atom stereocenters. The van der Waals surface area contributed by atoms with E-state index in [1.165, 1.54) is 5.56 Å². The molecule has 0 amide bonds. The number of nitrogens with zero attached hydrogens (tertiary/aromatic N) is 4. The number of hydrogen-bond acceptors (Lipinski definition) is 4. The highest BCUT2D eigenvalue weighted by Gasteiger charge is 2.26. The van der Waals surface area contributed by atoms with Crippen LogP contribution in [0.5, 0.6) is 0 Å². The van der Waals surface area contributed by atoms with Gasteiger partial charge in [0.15, 0.2) is 0 Å². The van der Waals surface area contributed by atoms with Crippen LogP contribution in [0.15, 0.2) is 49.1 Å². The summed E-state index contributed by atoms with van der Waals surface area (Å²) in [4.78, 5) is 4.59. The number of aliphatic hydroxyl groups is 1. The van der Waals surface area contributed by atoms with Gasteiger partial charge in [0.25, 0.3) is 0 Å². The van der Waals surface area contributed by atoms with Gasteiger partial charge in [-0.2, -0.15) is 5.10 Å². The van der Waals surface area contributed by atoms with Gasteiger partial charge in [0.1, 0.15) is 5.82 Å². The van der Waals surface area contributed by atoms with E-state index in [-0.39, 0.29) is 37.5 Å². The van der Waals surface area contributed by atoms with Crippen LogP contribution in [0.2, 0.25) is 0 Å². The molecule has 3 heterocycles.